The van der Waals surface area contributed by atoms with E-state index in [9.17, 15) is 19.5 Å². The molecule has 1 aliphatic rings. The van der Waals surface area contributed by atoms with Gasteiger partial charge in [0, 0.05) is 47.6 Å². The molecule has 9 heteroatoms. The second-order valence-corrected chi connectivity index (χ2v) is 9.41. The van der Waals surface area contributed by atoms with Gasteiger partial charge in [-0.05, 0) is 49.7 Å². The first kappa shape index (κ1) is 26.2. The fraction of sp³-hybridized carbons (Fsp3) is 0.286. The molecule has 1 aromatic heterocycles. The lowest BCUT2D eigenvalue weighted by atomic mass is 9.96. The number of hydrogen-bond acceptors (Lipinski definition) is 5. The molecule has 2 N–H and O–H groups in total. The van der Waals surface area contributed by atoms with Crippen LogP contribution in [0.3, 0.4) is 0 Å². The van der Waals surface area contributed by atoms with Gasteiger partial charge in [0.2, 0.25) is 0 Å². The van der Waals surface area contributed by atoms with Crippen LogP contribution in [-0.4, -0.2) is 59.2 Å². The second kappa shape index (κ2) is 10.6. The fourth-order valence-electron chi connectivity index (χ4n) is 4.44. The van der Waals surface area contributed by atoms with E-state index in [2.05, 4.69) is 4.99 Å². The predicted molar refractivity (Wildman–Crippen MR) is 144 cm³/mol. The summed E-state index contributed by atoms with van der Waals surface area (Å²) in [4.78, 5) is 44.6. The highest BCUT2D eigenvalue weighted by Crippen LogP contribution is 2.33. The Morgan fingerprint density at radius 3 is 2.27 bits per heavy atom. The number of aliphatic hydroxyl groups is 1. The standard InChI is InChI=1S/C28H28ClN3O5/c1-16(30-3)26(17(2)33)21-12-19-13-22(27(35)31-10-5-11-31)28(36)32(23(19)14-25(21)37-4)15-24(34)18-6-8-20(29)9-7-18/h6-9,12-14,33H,5,10-11,15H2,1-4H3/p+1/b26-17+,30-16?. The normalized spacial score (nSPS) is 14.3. The molecule has 0 aliphatic carbocycles. The predicted octanol–water partition coefficient (Wildman–Crippen LogP) is 2.85. The number of likely N-dealkylation sites (tertiary alicyclic amines) is 1. The van der Waals surface area contributed by atoms with Crippen LogP contribution in [0.25, 0.3) is 16.5 Å². The summed E-state index contributed by atoms with van der Waals surface area (Å²) in [6.45, 7) is 4.29. The van der Waals surface area contributed by atoms with Crippen molar-refractivity contribution in [3.05, 3.63) is 80.3 Å². The number of hydrogen-bond donors (Lipinski definition) is 2. The summed E-state index contributed by atoms with van der Waals surface area (Å²) in [5, 5.41) is 11.5. The van der Waals surface area contributed by atoms with Crippen molar-refractivity contribution < 1.29 is 24.4 Å². The molecule has 2 heterocycles. The number of methoxy groups -OCH3 is 1. The van der Waals surface area contributed by atoms with Gasteiger partial charge in [-0.2, -0.15) is 0 Å². The first-order valence-electron chi connectivity index (χ1n) is 11.9. The zero-order chi connectivity index (χ0) is 26.9. The van der Waals surface area contributed by atoms with Crippen LogP contribution in [0.1, 0.15) is 46.5 Å². The highest BCUT2D eigenvalue weighted by Gasteiger charge is 2.27. The van der Waals surface area contributed by atoms with Crippen LogP contribution in [0.5, 0.6) is 5.75 Å². The Kier molecular flexibility index (Phi) is 7.50. The summed E-state index contributed by atoms with van der Waals surface area (Å²) in [7, 11) is 3.24. The Hall–Kier alpha value is -3.91. The Bertz CT molecular complexity index is 1510. The molecule has 3 aromatic rings. The minimum absolute atomic E-state index is 0.00667. The Morgan fingerprint density at radius 1 is 1.08 bits per heavy atom. The van der Waals surface area contributed by atoms with Crippen molar-refractivity contribution in [3.63, 3.8) is 0 Å². The van der Waals surface area contributed by atoms with Gasteiger partial charge < -0.3 is 14.7 Å². The number of benzene rings is 2. The maximum absolute atomic E-state index is 13.6. The van der Waals surface area contributed by atoms with Crippen LogP contribution in [0.15, 0.2) is 53.0 Å². The van der Waals surface area contributed by atoms with Gasteiger partial charge in [-0.1, -0.05) is 11.6 Å². The largest absolute Gasteiger partial charge is 0.512 e. The number of amides is 1. The van der Waals surface area contributed by atoms with E-state index in [-0.39, 0.29) is 29.6 Å². The molecule has 1 amide bonds. The van der Waals surface area contributed by atoms with Crippen molar-refractivity contribution in [2.24, 2.45) is 0 Å². The lowest BCUT2D eigenvalue weighted by Crippen LogP contribution is -2.67. The number of halogens is 1. The zero-order valence-electron chi connectivity index (χ0n) is 21.2. The van der Waals surface area contributed by atoms with Crippen molar-refractivity contribution in [1.82, 2.24) is 9.47 Å². The van der Waals surface area contributed by atoms with E-state index in [1.807, 2.05) is 6.92 Å². The highest BCUT2D eigenvalue weighted by atomic mass is 35.5. The number of fused-ring (bicyclic) bond motifs is 1. The van der Waals surface area contributed by atoms with Crippen molar-refractivity contribution in [1.29, 1.82) is 0 Å². The molecule has 4 rings (SSSR count). The summed E-state index contributed by atoms with van der Waals surface area (Å²) in [5.41, 5.74) is 2.10. The summed E-state index contributed by atoms with van der Waals surface area (Å²) in [6, 6.07) is 11.4. The molecule has 1 fully saturated rings. The van der Waals surface area contributed by atoms with Crippen LogP contribution in [-0.2, 0) is 6.54 Å². The van der Waals surface area contributed by atoms with Crippen LogP contribution in [0, 0.1) is 0 Å². The maximum Gasteiger partial charge on any atom is 0.264 e. The topological polar surface area (TPSA) is 103 Å². The van der Waals surface area contributed by atoms with E-state index in [0.29, 0.717) is 57.2 Å². The molecule has 37 heavy (non-hydrogen) atoms. The Labute approximate surface area is 219 Å². The van der Waals surface area contributed by atoms with Crippen LogP contribution in [0.2, 0.25) is 5.02 Å². The molecule has 0 bridgehead atoms. The fourth-order valence-corrected chi connectivity index (χ4v) is 4.56. The molecule has 1 saturated heterocycles. The minimum atomic E-state index is -0.548. The summed E-state index contributed by atoms with van der Waals surface area (Å²) in [5.74, 6) is -0.190. The molecule has 0 atom stereocenters. The van der Waals surface area contributed by atoms with Crippen molar-refractivity contribution in [2.75, 3.05) is 27.2 Å². The van der Waals surface area contributed by atoms with Crippen molar-refractivity contribution in [2.45, 2.75) is 26.8 Å². The summed E-state index contributed by atoms with van der Waals surface area (Å²) in [6.07, 6.45) is 0.882. The quantitative estimate of drug-likeness (QED) is 0.282. The third-order valence-electron chi connectivity index (χ3n) is 6.64. The van der Waals surface area contributed by atoms with Gasteiger partial charge in [-0.25, -0.2) is 4.99 Å². The van der Waals surface area contributed by atoms with Gasteiger partial charge in [0.05, 0.1) is 24.7 Å². The Morgan fingerprint density at radius 2 is 1.73 bits per heavy atom. The molecule has 1 aliphatic heterocycles. The van der Waals surface area contributed by atoms with Crippen molar-refractivity contribution in [3.8, 4) is 5.75 Å². The number of aliphatic hydroxyl groups excluding tert-OH is 1. The number of aromatic nitrogens is 1. The maximum atomic E-state index is 13.6. The first-order chi connectivity index (χ1) is 17.7. The summed E-state index contributed by atoms with van der Waals surface area (Å²) < 4.78 is 6.96. The highest BCUT2D eigenvalue weighted by molar-refractivity contribution is 6.30. The minimum Gasteiger partial charge on any atom is -0.512 e. The molecular formula is C28H29ClN3O5+. The van der Waals surface area contributed by atoms with E-state index in [4.69, 9.17) is 16.3 Å². The number of ether oxygens (including phenoxy) is 1. The smallest absolute Gasteiger partial charge is 0.264 e. The Balaban J connectivity index is 1.97. The first-order valence-corrected chi connectivity index (χ1v) is 12.3. The molecule has 0 radical (unpaired) electrons. The molecule has 192 valence electrons. The van der Waals surface area contributed by atoms with Gasteiger partial charge in [-0.15, -0.1) is 0 Å². The number of rotatable bonds is 7. The number of ketones is 1. The molecular weight excluding hydrogens is 494 g/mol. The van der Waals surface area contributed by atoms with E-state index in [1.54, 1.807) is 61.3 Å². The van der Waals surface area contributed by atoms with Gasteiger partial charge >= 0.3 is 0 Å². The van der Waals surface area contributed by atoms with E-state index >= 15 is 0 Å². The van der Waals surface area contributed by atoms with E-state index in [0.717, 1.165) is 6.42 Å². The zero-order valence-corrected chi connectivity index (χ0v) is 22.0. The average molecular weight is 523 g/mol. The van der Waals surface area contributed by atoms with E-state index in [1.165, 1.54) is 11.7 Å². The van der Waals surface area contributed by atoms with Gasteiger partial charge in [0.15, 0.2) is 11.5 Å². The molecule has 0 unspecified atom stereocenters. The number of pyridine rings is 1. The number of carbonyl (C=O) groups is 2. The number of nitrogens with zero attached hydrogens (tertiary/aromatic N) is 2. The molecule has 0 saturated carbocycles. The van der Waals surface area contributed by atoms with Crippen LogP contribution >= 0.6 is 11.6 Å². The van der Waals surface area contributed by atoms with Crippen LogP contribution < -0.4 is 15.3 Å². The third-order valence-corrected chi connectivity index (χ3v) is 6.89. The average Bonchev–Trinajstić information content (AvgIpc) is 2.84. The molecule has 2 aromatic carbocycles. The molecule has 8 nitrogen and oxygen atoms in total. The number of allylic oxidation sites excluding steroid dienone is 2. The van der Waals surface area contributed by atoms with Crippen LogP contribution in [0.4, 0.5) is 0 Å². The third kappa shape index (κ3) is 5.02. The number of Topliss-reactive ketones (excluding diaryl/α,β-unsaturated/α-hetero) is 1. The molecule has 0 spiro atoms. The summed E-state index contributed by atoms with van der Waals surface area (Å²) >= 11 is 5.96. The number of nitrogens with one attached hydrogen (secondary N) is 1. The monoisotopic (exact) mass is 522 g/mol. The van der Waals surface area contributed by atoms with Crippen molar-refractivity contribution >= 4 is 45.5 Å². The lowest BCUT2D eigenvalue weighted by Gasteiger charge is -2.31. The lowest BCUT2D eigenvalue weighted by molar-refractivity contribution is -0.418. The van der Waals surface area contributed by atoms with Gasteiger partial charge in [0.25, 0.3) is 11.5 Å². The second-order valence-electron chi connectivity index (χ2n) is 8.97. The van der Waals surface area contributed by atoms with Gasteiger partial charge in [0.1, 0.15) is 24.1 Å². The van der Waals surface area contributed by atoms with E-state index < -0.39 is 5.56 Å². The number of carbonyl (C=O) groups excluding carboxylic acids is 2. The SMILES string of the molecule is C[NH+]=C(C)/C(=C(/C)O)c1cc2cc(C(=O)N3CCC3)c(=O)n(CC(=O)c3ccc(Cl)cc3)c2cc1OC. The van der Waals surface area contributed by atoms with Gasteiger partial charge in [-0.3, -0.25) is 19.0 Å².